The molecule has 0 aromatic heterocycles. The first-order valence-electron chi connectivity index (χ1n) is 7.95. The number of nitrogens with one attached hydrogen (secondary N) is 1. The summed E-state index contributed by atoms with van der Waals surface area (Å²) in [6.07, 6.45) is -3.64. The average molecular weight is 380 g/mol. The zero-order valence-electron chi connectivity index (χ0n) is 13.9. The van der Waals surface area contributed by atoms with Crippen molar-refractivity contribution in [3.8, 4) is 0 Å². The van der Waals surface area contributed by atoms with Crippen LogP contribution < -0.4 is 5.32 Å². The summed E-state index contributed by atoms with van der Waals surface area (Å²) in [5, 5.41) is 2.11. The second-order valence-corrected chi connectivity index (χ2v) is 6.20. The number of halogens is 4. The van der Waals surface area contributed by atoms with Crippen molar-refractivity contribution in [3.05, 3.63) is 28.8 Å². The van der Waals surface area contributed by atoms with Gasteiger partial charge in [-0.05, 0) is 24.6 Å². The topological polar surface area (TPSA) is 44.8 Å². The van der Waals surface area contributed by atoms with Crippen molar-refractivity contribution in [1.29, 1.82) is 0 Å². The Labute approximate surface area is 149 Å². The molecule has 0 spiro atoms. The van der Waals surface area contributed by atoms with Crippen LogP contribution >= 0.6 is 11.6 Å². The Balaban J connectivity index is 1.89. The molecule has 0 unspecified atom stereocenters. The summed E-state index contributed by atoms with van der Waals surface area (Å²) in [5.74, 6) is 0. The normalized spacial score (nSPS) is 16.1. The minimum absolute atomic E-state index is 0.0734. The molecule has 9 heteroatoms. The molecular weight excluding hydrogens is 359 g/mol. The number of urea groups is 1. The Bertz CT molecular complexity index is 590. The summed E-state index contributed by atoms with van der Waals surface area (Å²) in [6, 6.07) is 2.93. The molecule has 0 atom stereocenters. The lowest BCUT2D eigenvalue weighted by molar-refractivity contribution is -0.137. The maximum absolute atomic E-state index is 12.9. The molecule has 1 aromatic rings. The second kappa shape index (κ2) is 8.73. The molecule has 140 valence electrons. The van der Waals surface area contributed by atoms with Crippen LogP contribution in [-0.4, -0.2) is 62.3 Å². The van der Waals surface area contributed by atoms with E-state index in [9.17, 15) is 18.0 Å². The molecule has 0 saturated carbocycles. The van der Waals surface area contributed by atoms with Gasteiger partial charge >= 0.3 is 12.2 Å². The highest BCUT2D eigenvalue weighted by Crippen LogP contribution is 2.36. The van der Waals surface area contributed by atoms with Gasteiger partial charge in [-0.2, -0.15) is 13.2 Å². The summed E-state index contributed by atoms with van der Waals surface area (Å²) in [7, 11) is 1.66. The van der Waals surface area contributed by atoms with Crippen molar-refractivity contribution >= 4 is 23.3 Å². The molecule has 2 amide bonds. The Morgan fingerprint density at radius 1 is 1.28 bits per heavy atom. The van der Waals surface area contributed by atoms with Gasteiger partial charge in [0, 0.05) is 52.1 Å². The third kappa shape index (κ3) is 5.76. The maximum Gasteiger partial charge on any atom is 0.417 e. The van der Waals surface area contributed by atoms with Crippen LogP contribution in [0.3, 0.4) is 0 Å². The number of anilines is 1. The van der Waals surface area contributed by atoms with E-state index >= 15 is 0 Å². The highest BCUT2D eigenvalue weighted by Gasteiger charge is 2.33. The van der Waals surface area contributed by atoms with Gasteiger partial charge in [-0.1, -0.05) is 11.6 Å². The summed E-state index contributed by atoms with van der Waals surface area (Å²) in [5.41, 5.74) is -0.890. The number of piperazine rings is 1. The molecule has 0 radical (unpaired) electrons. The molecule has 2 rings (SSSR count). The lowest BCUT2D eigenvalue weighted by atomic mass is 10.2. The Hall–Kier alpha value is -1.51. The quantitative estimate of drug-likeness (QED) is 0.796. The van der Waals surface area contributed by atoms with Gasteiger partial charge in [-0.15, -0.1) is 0 Å². The van der Waals surface area contributed by atoms with E-state index in [2.05, 4.69) is 10.2 Å². The SMILES string of the molecule is COCCCN1CCN(C(=O)Nc2ccc(Cl)c(C(F)(F)F)c2)CC1. The molecule has 1 heterocycles. The fourth-order valence-corrected chi connectivity index (χ4v) is 2.85. The molecule has 1 fully saturated rings. The molecule has 0 bridgehead atoms. The average Bonchev–Trinajstić information content (AvgIpc) is 2.56. The van der Waals surface area contributed by atoms with Crippen LogP contribution in [0.5, 0.6) is 0 Å². The zero-order chi connectivity index (χ0) is 18.4. The predicted octanol–water partition coefficient (Wildman–Crippen LogP) is 3.54. The van der Waals surface area contributed by atoms with Gasteiger partial charge in [0.2, 0.25) is 0 Å². The van der Waals surface area contributed by atoms with Crippen LogP contribution in [0.4, 0.5) is 23.7 Å². The monoisotopic (exact) mass is 379 g/mol. The van der Waals surface area contributed by atoms with Crippen LogP contribution in [0.1, 0.15) is 12.0 Å². The molecule has 1 N–H and O–H groups in total. The van der Waals surface area contributed by atoms with Crippen molar-refractivity contribution in [3.63, 3.8) is 0 Å². The number of alkyl halides is 3. The van der Waals surface area contributed by atoms with Crippen LogP contribution in [0.2, 0.25) is 5.02 Å². The van der Waals surface area contributed by atoms with E-state index in [1.165, 1.54) is 6.07 Å². The first-order chi connectivity index (χ1) is 11.8. The van der Waals surface area contributed by atoms with E-state index in [1.54, 1.807) is 12.0 Å². The van der Waals surface area contributed by atoms with Crippen LogP contribution in [0.15, 0.2) is 18.2 Å². The molecule has 1 aliphatic heterocycles. The number of rotatable bonds is 5. The van der Waals surface area contributed by atoms with Gasteiger partial charge < -0.3 is 15.0 Å². The van der Waals surface area contributed by atoms with E-state index in [1.807, 2.05) is 0 Å². The van der Waals surface area contributed by atoms with Crippen molar-refractivity contribution in [2.75, 3.05) is 51.8 Å². The third-order valence-electron chi connectivity index (χ3n) is 4.01. The van der Waals surface area contributed by atoms with E-state index < -0.39 is 22.8 Å². The van der Waals surface area contributed by atoms with E-state index in [4.69, 9.17) is 16.3 Å². The van der Waals surface area contributed by atoms with Crippen molar-refractivity contribution in [2.24, 2.45) is 0 Å². The molecule has 25 heavy (non-hydrogen) atoms. The number of carbonyl (C=O) groups excluding carboxylic acids is 1. The smallest absolute Gasteiger partial charge is 0.385 e. The summed E-state index contributed by atoms with van der Waals surface area (Å²) >= 11 is 5.58. The van der Waals surface area contributed by atoms with Gasteiger partial charge in [-0.3, -0.25) is 4.90 Å². The van der Waals surface area contributed by atoms with Gasteiger partial charge in [0.15, 0.2) is 0 Å². The van der Waals surface area contributed by atoms with Crippen molar-refractivity contribution in [1.82, 2.24) is 9.80 Å². The number of ether oxygens (including phenoxy) is 1. The molecule has 5 nitrogen and oxygen atoms in total. The van der Waals surface area contributed by atoms with Gasteiger partial charge in [0.05, 0.1) is 10.6 Å². The van der Waals surface area contributed by atoms with Gasteiger partial charge in [0.25, 0.3) is 0 Å². The fraction of sp³-hybridized carbons (Fsp3) is 0.562. The highest BCUT2D eigenvalue weighted by atomic mass is 35.5. The maximum atomic E-state index is 12.9. The van der Waals surface area contributed by atoms with E-state index in [0.717, 1.165) is 38.2 Å². The Morgan fingerprint density at radius 3 is 2.56 bits per heavy atom. The summed E-state index contributed by atoms with van der Waals surface area (Å²) in [6.45, 7) is 4.10. The number of nitrogens with zero attached hydrogens (tertiary/aromatic N) is 2. The molecule has 1 saturated heterocycles. The fourth-order valence-electron chi connectivity index (χ4n) is 2.63. The molecule has 1 aliphatic rings. The number of methoxy groups -OCH3 is 1. The molecular formula is C16H21ClF3N3O2. The lowest BCUT2D eigenvalue weighted by Crippen LogP contribution is -2.50. The highest BCUT2D eigenvalue weighted by molar-refractivity contribution is 6.31. The molecule has 1 aromatic carbocycles. The number of amides is 2. The zero-order valence-corrected chi connectivity index (χ0v) is 14.7. The second-order valence-electron chi connectivity index (χ2n) is 5.80. The number of carbonyl (C=O) groups is 1. The lowest BCUT2D eigenvalue weighted by Gasteiger charge is -2.34. The minimum Gasteiger partial charge on any atom is -0.385 e. The standard InChI is InChI=1S/C16H21ClF3N3O2/c1-25-10-2-5-22-6-8-23(9-7-22)15(24)21-12-3-4-14(17)13(11-12)16(18,19)20/h3-4,11H,2,5-10H2,1H3,(H,21,24). The van der Waals surface area contributed by atoms with Crippen LogP contribution in [-0.2, 0) is 10.9 Å². The van der Waals surface area contributed by atoms with Gasteiger partial charge in [-0.25, -0.2) is 4.79 Å². The van der Waals surface area contributed by atoms with E-state index in [-0.39, 0.29) is 5.69 Å². The van der Waals surface area contributed by atoms with E-state index in [0.29, 0.717) is 19.7 Å². The summed E-state index contributed by atoms with van der Waals surface area (Å²) in [4.78, 5) is 16.1. The van der Waals surface area contributed by atoms with Gasteiger partial charge in [0.1, 0.15) is 0 Å². The number of hydrogen-bond donors (Lipinski definition) is 1. The number of hydrogen-bond acceptors (Lipinski definition) is 3. The predicted molar refractivity (Wildman–Crippen MR) is 90.0 cm³/mol. The first kappa shape index (κ1) is 19.8. The first-order valence-corrected chi connectivity index (χ1v) is 8.33. The Morgan fingerprint density at radius 2 is 1.96 bits per heavy atom. The third-order valence-corrected chi connectivity index (χ3v) is 4.33. The summed E-state index contributed by atoms with van der Waals surface area (Å²) < 4.78 is 43.6. The van der Waals surface area contributed by atoms with Crippen LogP contribution in [0, 0.1) is 0 Å². The van der Waals surface area contributed by atoms with Crippen molar-refractivity contribution < 1.29 is 22.7 Å². The Kier molecular flexibility index (Phi) is 6.92. The molecule has 0 aliphatic carbocycles. The van der Waals surface area contributed by atoms with Crippen molar-refractivity contribution in [2.45, 2.75) is 12.6 Å². The minimum atomic E-state index is -4.56. The number of benzene rings is 1. The largest absolute Gasteiger partial charge is 0.417 e. The van der Waals surface area contributed by atoms with Crippen LogP contribution in [0.25, 0.3) is 0 Å².